The second-order valence-corrected chi connectivity index (χ2v) is 19.5. The lowest BCUT2D eigenvalue weighted by molar-refractivity contribution is -0.870. The Bertz CT molecular complexity index is 1270. The maximum atomic E-state index is 12.8. The molecule has 0 saturated carbocycles. The summed E-state index contributed by atoms with van der Waals surface area (Å²) in [6.07, 6.45) is 50.2. The highest BCUT2D eigenvalue weighted by molar-refractivity contribution is 7.47. The number of nitrogens with zero attached hydrogens (tertiary/aromatic N) is 1. The first-order chi connectivity index (χ1) is 30.4. The predicted octanol–water partition coefficient (Wildman–Crippen LogP) is 13.8. The zero-order chi connectivity index (χ0) is 46.5. The molecule has 0 amide bonds. The molecule has 0 aromatic carbocycles. The fourth-order valence-corrected chi connectivity index (χ4v) is 7.49. The van der Waals surface area contributed by atoms with Crippen LogP contribution >= 0.6 is 7.82 Å². The zero-order valence-electron chi connectivity index (χ0n) is 40.9. The maximum Gasteiger partial charge on any atom is 0.472 e. The Kier molecular flexibility index (Phi) is 41.9. The van der Waals surface area contributed by atoms with Crippen molar-refractivity contribution >= 4 is 19.8 Å². The summed E-state index contributed by atoms with van der Waals surface area (Å²) in [6.45, 7) is 4.10. The fraction of sp³-hybridized carbons (Fsp3) is 0.769. The van der Waals surface area contributed by atoms with Gasteiger partial charge >= 0.3 is 19.8 Å². The van der Waals surface area contributed by atoms with Crippen LogP contribution in [0.1, 0.15) is 200 Å². The van der Waals surface area contributed by atoms with Crippen molar-refractivity contribution in [1.82, 2.24) is 0 Å². The number of unbranched alkanes of at least 4 members (excludes halogenated alkanes) is 20. The van der Waals surface area contributed by atoms with Gasteiger partial charge in [0.1, 0.15) is 19.8 Å². The molecule has 0 aliphatic carbocycles. The van der Waals surface area contributed by atoms with E-state index in [-0.39, 0.29) is 26.1 Å². The largest absolute Gasteiger partial charge is 0.472 e. The molecule has 0 aromatic rings. The van der Waals surface area contributed by atoms with E-state index in [1.54, 1.807) is 12.2 Å². The summed E-state index contributed by atoms with van der Waals surface area (Å²) in [5, 5.41) is 10.3. The van der Waals surface area contributed by atoms with Gasteiger partial charge in [-0.1, -0.05) is 203 Å². The molecule has 2 N–H and O–H groups in total. The van der Waals surface area contributed by atoms with E-state index in [1.165, 1.54) is 109 Å². The number of carbonyl (C=O) groups is 2. The van der Waals surface area contributed by atoms with Crippen LogP contribution in [0.5, 0.6) is 0 Å². The molecule has 0 aliphatic rings. The van der Waals surface area contributed by atoms with Crippen molar-refractivity contribution in [3.05, 3.63) is 60.8 Å². The number of aliphatic hydroxyl groups excluding tert-OH is 1. The van der Waals surface area contributed by atoms with E-state index in [1.807, 2.05) is 33.3 Å². The van der Waals surface area contributed by atoms with Crippen LogP contribution in [0.25, 0.3) is 0 Å². The van der Waals surface area contributed by atoms with E-state index in [0.29, 0.717) is 30.3 Å². The molecule has 3 atom stereocenters. The predicted molar refractivity (Wildman–Crippen MR) is 262 cm³/mol. The molecular weight excluding hydrogens is 814 g/mol. The van der Waals surface area contributed by atoms with Crippen molar-refractivity contribution < 1.29 is 47.2 Å². The molecule has 63 heavy (non-hydrogen) atoms. The summed E-state index contributed by atoms with van der Waals surface area (Å²) in [4.78, 5) is 35.5. The first-order valence-corrected chi connectivity index (χ1v) is 26.6. The lowest BCUT2D eigenvalue weighted by Crippen LogP contribution is -2.37. The summed E-state index contributed by atoms with van der Waals surface area (Å²) >= 11 is 0. The molecule has 10 nitrogen and oxygen atoms in total. The molecule has 366 valence electrons. The van der Waals surface area contributed by atoms with Gasteiger partial charge < -0.3 is 24.0 Å². The topological polar surface area (TPSA) is 129 Å². The number of phosphoric acid groups is 1. The number of likely N-dealkylation sites (N-methyl/N-ethyl adjacent to an activating group) is 1. The van der Waals surface area contributed by atoms with Crippen LogP contribution in [0, 0.1) is 0 Å². The van der Waals surface area contributed by atoms with Crippen molar-refractivity contribution in [2.75, 3.05) is 47.5 Å². The number of rotatable bonds is 45. The van der Waals surface area contributed by atoms with Gasteiger partial charge in [0.25, 0.3) is 0 Å². The van der Waals surface area contributed by atoms with E-state index in [2.05, 4.69) is 50.3 Å². The number of hydrogen-bond donors (Lipinski definition) is 2. The van der Waals surface area contributed by atoms with E-state index in [9.17, 15) is 24.2 Å². The maximum absolute atomic E-state index is 12.8. The van der Waals surface area contributed by atoms with Crippen LogP contribution in [0.3, 0.4) is 0 Å². The standard InChI is InChI=1S/C52H94NO9P/c1-6-8-10-12-14-16-18-20-21-22-23-24-25-26-27-29-31-33-35-37-39-43-52(56)62-50(48-61-63(57,58)60-46-45-53(3,4)5)47-59-51(55)44-40-42-49(54)41-38-36-34-32-30-28-19-17-15-13-11-9-7-2/h9,11,15,17,28,30,34,36,38,41,49-50,54H,6-8,10,12-14,16,18-27,29,31-33,35,37,39-40,42-48H2,1-5H3/p+1/b11-9-,17-15-,30-28-,36-34-,41-38+/t49?,50-/m1/s1. The zero-order valence-corrected chi connectivity index (χ0v) is 41.8. The molecule has 0 radical (unpaired) electrons. The summed E-state index contributed by atoms with van der Waals surface area (Å²) < 4.78 is 34.3. The van der Waals surface area contributed by atoms with Crippen molar-refractivity contribution in [3.63, 3.8) is 0 Å². The smallest absolute Gasteiger partial charge is 0.462 e. The molecule has 2 unspecified atom stereocenters. The first kappa shape index (κ1) is 60.7. The monoisotopic (exact) mass is 909 g/mol. The van der Waals surface area contributed by atoms with E-state index >= 15 is 0 Å². The Labute approximate surface area is 386 Å². The number of phosphoric ester groups is 1. The Morgan fingerprint density at radius 3 is 1.52 bits per heavy atom. The molecule has 0 spiro atoms. The van der Waals surface area contributed by atoms with Crippen molar-refractivity contribution in [3.8, 4) is 0 Å². The van der Waals surface area contributed by atoms with E-state index < -0.39 is 38.6 Å². The molecule has 0 saturated heterocycles. The molecule has 0 rings (SSSR count). The van der Waals surface area contributed by atoms with Crippen LogP contribution in [-0.4, -0.2) is 86.1 Å². The SMILES string of the molecule is CC/C=C\C/C=C\C/C=C\C/C=C\C=C\C(O)CCCC(=O)OC[C@H](COP(=O)(O)OCC[N+](C)(C)C)OC(=O)CCCCCCCCCCCCCCCCCCCCCCC. The van der Waals surface area contributed by atoms with Crippen LogP contribution in [-0.2, 0) is 32.7 Å². The third-order valence-electron chi connectivity index (χ3n) is 10.7. The van der Waals surface area contributed by atoms with Gasteiger partial charge in [-0.25, -0.2) is 4.57 Å². The lowest BCUT2D eigenvalue weighted by atomic mass is 10.0. The normalized spacial score (nSPS) is 14.5. The van der Waals surface area contributed by atoms with Gasteiger partial charge in [-0.15, -0.1) is 0 Å². The van der Waals surface area contributed by atoms with Gasteiger partial charge in [0.2, 0.25) is 0 Å². The van der Waals surface area contributed by atoms with Crippen molar-refractivity contribution in [2.24, 2.45) is 0 Å². The summed E-state index contributed by atoms with van der Waals surface area (Å²) in [7, 11) is 1.37. The Hall–Kier alpha value is -2.33. The fourth-order valence-electron chi connectivity index (χ4n) is 6.75. The average Bonchev–Trinajstić information content (AvgIpc) is 3.23. The minimum absolute atomic E-state index is 0.000670. The van der Waals surface area contributed by atoms with E-state index in [4.69, 9.17) is 18.5 Å². The van der Waals surface area contributed by atoms with Gasteiger partial charge in [0.05, 0.1) is 33.9 Å². The lowest BCUT2D eigenvalue weighted by Gasteiger charge is -2.24. The number of esters is 2. The Balaban J connectivity index is 4.40. The highest BCUT2D eigenvalue weighted by Crippen LogP contribution is 2.43. The van der Waals surface area contributed by atoms with Gasteiger partial charge in [0, 0.05) is 12.8 Å². The third kappa shape index (κ3) is 47.5. The van der Waals surface area contributed by atoms with Crippen molar-refractivity contribution in [2.45, 2.75) is 212 Å². The molecule has 0 aromatic heterocycles. The third-order valence-corrected chi connectivity index (χ3v) is 11.7. The average molecular weight is 909 g/mol. The van der Waals surface area contributed by atoms with E-state index in [0.717, 1.165) is 44.9 Å². The van der Waals surface area contributed by atoms with Crippen LogP contribution in [0.2, 0.25) is 0 Å². The minimum atomic E-state index is -4.43. The molecular formula is C52H95NO9P+. The summed E-state index contributed by atoms with van der Waals surface area (Å²) in [5.41, 5.74) is 0. The number of quaternary nitrogens is 1. The number of ether oxygens (including phenoxy) is 2. The second kappa shape index (κ2) is 43.6. The molecule has 0 bridgehead atoms. The highest BCUT2D eigenvalue weighted by Gasteiger charge is 2.27. The van der Waals surface area contributed by atoms with Crippen LogP contribution in [0.15, 0.2) is 60.8 Å². The molecule has 0 fully saturated rings. The molecule has 11 heteroatoms. The van der Waals surface area contributed by atoms with Gasteiger partial charge in [-0.05, 0) is 44.9 Å². The molecule has 0 aliphatic heterocycles. The van der Waals surface area contributed by atoms with Gasteiger partial charge in [-0.3, -0.25) is 18.6 Å². The minimum Gasteiger partial charge on any atom is -0.462 e. The first-order valence-electron chi connectivity index (χ1n) is 25.1. The second-order valence-electron chi connectivity index (χ2n) is 18.0. The van der Waals surface area contributed by atoms with Crippen molar-refractivity contribution in [1.29, 1.82) is 0 Å². The highest BCUT2D eigenvalue weighted by atomic mass is 31.2. The van der Waals surface area contributed by atoms with Crippen LogP contribution in [0.4, 0.5) is 0 Å². The number of hydrogen-bond acceptors (Lipinski definition) is 8. The van der Waals surface area contributed by atoms with Gasteiger partial charge in [-0.2, -0.15) is 0 Å². The Morgan fingerprint density at radius 1 is 0.571 bits per heavy atom. The number of allylic oxidation sites excluding steroid dienone is 9. The van der Waals surface area contributed by atoms with Crippen LogP contribution < -0.4 is 0 Å². The number of aliphatic hydroxyl groups is 1. The Morgan fingerprint density at radius 2 is 1.03 bits per heavy atom. The summed E-state index contributed by atoms with van der Waals surface area (Å²) in [6, 6.07) is 0. The summed E-state index contributed by atoms with van der Waals surface area (Å²) in [5.74, 6) is -0.999. The number of carbonyl (C=O) groups excluding carboxylic acids is 2. The quantitative estimate of drug-likeness (QED) is 0.0153. The van der Waals surface area contributed by atoms with Gasteiger partial charge in [0.15, 0.2) is 6.10 Å². The molecule has 0 heterocycles.